The van der Waals surface area contributed by atoms with Gasteiger partial charge in [0.15, 0.2) is 0 Å². The molecule has 0 amide bonds. The van der Waals surface area contributed by atoms with E-state index in [2.05, 4.69) is 19.1 Å². The molecule has 1 aliphatic rings. The maximum atomic E-state index is 12.3. The number of esters is 1. The summed E-state index contributed by atoms with van der Waals surface area (Å²) < 4.78 is 5.93. The van der Waals surface area contributed by atoms with Gasteiger partial charge in [0.05, 0.1) is 21.8 Å². The Hall–Kier alpha value is -1.90. The zero-order chi connectivity index (χ0) is 21.2. The van der Waals surface area contributed by atoms with Gasteiger partial charge in [0.2, 0.25) is 0 Å². The first-order valence-electron chi connectivity index (χ1n) is 10.7. The van der Waals surface area contributed by atoms with Gasteiger partial charge in [-0.05, 0) is 65.8 Å². The van der Waals surface area contributed by atoms with Crippen LogP contribution in [0.4, 0.5) is 0 Å². The average molecular weight is 440 g/mol. The van der Waals surface area contributed by atoms with Crippen LogP contribution in [-0.2, 0) is 0 Å². The number of thioether (sulfide) groups is 2. The maximum Gasteiger partial charge on any atom is 0.343 e. The highest BCUT2D eigenvalue weighted by atomic mass is 32.2. The number of carbonyl (C=O) groups excluding carboxylic acids is 1. The van der Waals surface area contributed by atoms with Crippen LogP contribution in [-0.4, -0.2) is 17.5 Å². The Morgan fingerprint density at radius 1 is 1.00 bits per heavy atom. The Bertz CT molecular complexity index is 835. The summed E-state index contributed by atoms with van der Waals surface area (Å²) in [7, 11) is 0. The zero-order valence-electron chi connectivity index (χ0n) is 17.5. The number of ether oxygens (including phenoxy) is 1. The Morgan fingerprint density at radius 3 is 2.30 bits per heavy atom. The lowest BCUT2D eigenvalue weighted by atomic mass is 10.0. The van der Waals surface area contributed by atoms with Gasteiger partial charge in [-0.1, -0.05) is 51.2 Å². The van der Waals surface area contributed by atoms with E-state index in [0.717, 1.165) is 5.92 Å². The molecule has 1 heterocycles. The zero-order valence-corrected chi connectivity index (χ0v) is 19.1. The Morgan fingerprint density at radius 2 is 1.67 bits per heavy atom. The minimum absolute atomic E-state index is 0.407. The molecule has 2 aromatic carbocycles. The fourth-order valence-electron chi connectivity index (χ4n) is 3.48. The van der Waals surface area contributed by atoms with E-state index < -0.39 is 5.97 Å². The van der Waals surface area contributed by atoms with E-state index in [1.165, 1.54) is 55.6 Å². The number of benzene rings is 2. The third-order valence-electron chi connectivity index (χ3n) is 5.30. The summed E-state index contributed by atoms with van der Waals surface area (Å²) in [5, 5.41) is 8.85. The molecule has 5 heteroatoms. The number of unbranched alkanes of at least 4 members (excludes halogenated alkanes) is 4. The molecule has 30 heavy (non-hydrogen) atoms. The van der Waals surface area contributed by atoms with E-state index in [1.54, 1.807) is 24.3 Å². The number of hydrogen-bond acceptors (Lipinski definition) is 5. The highest BCUT2D eigenvalue weighted by molar-refractivity contribution is 8.16. The van der Waals surface area contributed by atoms with Crippen molar-refractivity contribution in [3.63, 3.8) is 0 Å². The lowest BCUT2D eigenvalue weighted by Crippen LogP contribution is -2.14. The molecule has 1 aliphatic heterocycles. The molecule has 0 spiro atoms. The van der Waals surface area contributed by atoms with E-state index in [9.17, 15) is 4.79 Å². The topological polar surface area (TPSA) is 50.1 Å². The molecule has 2 aromatic rings. The number of hydrogen-bond donors (Lipinski definition) is 0. The van der Waals surface area contributed by atoms with Gasteiger partial charge < -0.3 is 4.74 Å². The van der Waals surface area contributed by atoms with Crippen molar-refractivity contribution in [2.75, 3.05) is 11.5 Å². The van der Waals surface area contributed by atoms with Crippen molar-refractivity contribution in [3.8, 4) is 11.8 Å². The van der Waals surface area contributed by atoms with Crippen molar-refractivity contribution in [1.29, 1.82) is 5.26 Å². The number of rotatable bonds is 9. The molecule has 0 saturated carbocycles. The molecular formula is C25H29NO2S2. The lowest BCUT2D eigenvalue weighted by molar-refractivity contribution is 0.0734. The summed E-state index contributed by atoms with van der Waals surface area (Å²) in [5.74, 6) is 3.45. The van der Waals surface area contributed by atoms with Gasteiger partial charge in [-0.2, -0.15) is 5.26 Å². The number of nitriles is 1. The van der Waals surface area contributed by atoms with Gasteiger partial charge in [-0.15, -0.1) is 23.5 Å². The second-order valence-corrected chi connectivity index (χ2v) is 10.3. The summed E-state index contributed by atoms with van der Waals surface area (Å²) in [6, 6.07) is 16.4. The van der Waals surface area contributed by atoms with Gasteiger partial charge in [-0.3, -0.25) is 0 Å². The minimum Gasteiger partial charge on any atom is -0.423 e. The second-order valence-electron chi connectivity index (χ2n) is 7.72. The molecule has 158 valence electrons. The van der Waals surface area contributed by atoms with Gasteiger partial charge >= 0.3 is 5.97 Å². The Balaban J connectivity index is 1.44. The Labute approximate surface area is 188 Å². The van der Waals surface area contributed by atoms with Gasteiger partial charge in [0.25, 0.3) is 0 Å². The summed E-state index contributed by atoms with van der Waals surface area (Å²) in [6.07, 6.45) is 8.18. The summed E-state index contributed by atoms with van der Waals surface area (Å²) in [4.78, 5) is 12.3. The molecule has 0 aliphatic carbocycles. The fourth-order valence-corrected chi connectivity index (χ4v) is 6.65. The van der Waals surface area contributed by atoms with Crippen molar-refractivity contribution >= 4 is 29.5 Å². The van der Waals surface area contributed by atoms with Gasteiger partial charge in [0, 0.05) is 0 Å². The molecule has 0 bridgehead atoms. The van der Waals surface area contributed by atoms with E-state index in [1.807, 2.05) is 41.7 Å². The third kappa shape index (κ3) is 6.82. The first-order chi connectivity index (χ1) is 14.7. The van der Waals surface area contributed by atoms with E-state index >= 15 is 0 Å². The van der Waals surface area contributed by atoms with E-state index in [0.29, 0.717) is 21.5 Å². The van der Waals surface area contributed by atoms with Crippen molar-refractivity contribution in [1.82, 2.24) is 0 Å². The minimum atomic E-state index is -0.407. The molecule has 3 nitrogen and oxygen atoms in total. The largest absolute Gasteiger partial charge is 0.423 e. The predicted octanol–water partition coefficient (Wildman–Crippen LogP) is 7.23. The maximum absolute atomic E-state index is 12.3. The van der Waals surface area contributed by atoms with Crippen LogP contribution in [0.5, 0.6) is 5.75 Å². The van der Waals surface area contributed by atoms with Crippen LogP contribution in [0.3, 0.4) is 0 Å². The third-order valence-corrected chi connectivity index (χ3v) is 8.59. The molecule has 0 N–H and O–H groups in total. The van der Waals surface area contributed by atoms with Crippen molar-refractivity contribution < 1.29 is 9.53 Å². The van der Waals surface area contributed by atoms with Crippen molar-refractivity contribution in [2.45, 2.75) is 50.0 Å². The van der Waals surface area contributed by atoms with Crippen LogP contribution < -0.4 is 4.74 Å². The molecule has 0 unspecified atom stereocenters. The number of nitrogens with zero attached hydrogens (tertiary/aromatic N) is 1. The standard InChI is InChI=1S/C25H29NO2S2/c1-2-3-4-5-6-7-20-17-29-25(30-18-20)22-12-14-23(15-13-22)28-24(27)21-10-8-19(16-26)9-11-21/h8-15,20,25H,2-7,17-18H2,1H3. The summed E-state index contributed by atoms with van der Waals surface area (Å²) in [6.45, 7) is 2.26. The van der Waals surface area contributed by atoms with Crippen LogP contribution in [0.15, 0.2) is 48.5 Å². The molecule has 0 atom stereocenters. The summed E-state index contributed by atoms with van der Waals surface area (Å²) in [5.41, 5.74) is 2.25. The molecule has 1 saturated heterocycles. The quantitative estimate of drug-likeness (QED) is 0.234. The van der Waals surface area contributed by atoms with Gasteiger partial charge in [0.1, 0.15) is 5.75 Å². The highest BCUT2D eigenvalue weighted by Gasteiger charge is 2.23. The van der Waals surface area contributed by atoms with E-state index in [-0.39, 0.29) is 0 Å². The van der Waals surface area contributed by atoms with Crippen molar-refractivity contribution in [3.05, 3.63) is 65.2 Å². The number of carbonyl (C=O) groups is 1. The first-order valence-corrected chi connectivity index (χ1v) is 12.8. The molecular weight excluding hydrogens is 410 g/mol. The smallest absolute Gasteiger partial charge is 0.343 e. The van der Waals surface area contributed by atoms with Gasteiger partial charge in [-0.25, -0.2) is 4.79 Å². The molecule has 0 aromatic heterocycles. The first kappa shape index (κ1) is 22.8. The monoisotopic (exact) mass is 439 g/mol. The van der Waals surface area contributed by atoms with Crippen LogP contribution >= 0.6 is 23.5 Å². The van der Waals surface area contributed by atoms with Crippen LogP contribution in [0, 0.1) is 17.2 Å². The molecule has 0 radical (unpaired) electrons. The Kier molecular flexibility index (Phi) is 9.17. The predicted molar refractivity (Wildman–Crippen MR) is 127 cm³/mol. The summed E-state index contributed by atoms with van der Waals surface area (Å²) >= 11 is 4.08. The second kappa shape index (κ2) is 12.1. The van der Waals surface area contributed by atoms with Crippen LogP contribution in [0.1, 0.15) is 71.5 Å². The fraction of sp³-hybridized carbons (Fsp3) is 0.440. The van der Waals surface area contributed by atoms with Crippen LogP contribution in [0.2, 0.25) is 0 Å². The normalized spacial score (nSPS) is 18.5. The highest BCUT2D eigenvalue weighted by Crippen LogP contribution is 2.46. The lowest BCUT2D eigenvalue weighted by Gasteiger charge is -2.28. The van der Waals surface area contributed by atoms with Crippen LogP contribution in [0.25, 0.3) is 0 Å². The SMILES string of the molecule is CCCCCCCC1CSC(c2ccc(OC(=O)c3ccc(C#N)cc3)cc2)SC1. The average Bonchev–Trinajstić information content (AvgIpc) is 2.80. The van der Waals surface area contributed by atoms with Crippen molar-refractivity contribution in [2.24, 2.45) is 5.92 Å². The van der Waals surface area contributed by atoms with E-state index in [4.69, 9.17) is 10.00 Å². The molecule has 3 rings (SSSR count). The molecule has 1 fully saturated rings.